The first-order chi connectivity index (χ1) is 25.3. The molecule has 0 N–H and O–H groups in total. The summed E-state index contributed by atoms with van der Waals surface area (Å²) in [5, 5.41) is 5.33. The zero-order chi connectivity index (χ0) is 35.5. The average Bonchev–Trinajstić information content (AvgIpc) is 3.62. The lowest BCUT2D eigenvalue weighted by molar-refractivity contribution is 0.243. The van der Waals surface area contributed by atoms with Crippen LogP contribution in [0.1, 0.15) is 64.5 Å². The molecule has 7 aromatic rings. The number of hydrogen-bond donors (Lipinski definition) is 0. The third-order valence-electron chi connectivity index (χ3n) is 11.8. The summed E-state index contributed by atoms with van der Waals surface area (Å²) in [7, 11) is 2.23. The number of allylic oxidation sites excluding steroid dienone is 1. The number of hydrogen-bond acceptors (Lipinski definition) is 2. The van der Waals surface area contributed by atoms with Gasteiger partial charge in [-0.2, -0.15) is 0 Å². The Morgan fingerprint density at radius 2 is 1.54 bits per heavy atom. The predicted molar refractivity (Wildman–Crippen MR) is 215 cm³/mol. The lowest BCUT2D eigenvalue weighted by Crippen LogP contribution is -2.30. The number of aryl methyl sites for hydroxylation is 1. The van der Waals surface area contributed by atoms with Gasteiger partial charge in [-0.1, -0.05) is 73.2 Å². The largest absolute Gasteiger partial charge is 0.344 e. The first kappa shape index (κ1) is 32.9. The molecule has 0 amide bonds. The van der Waals surface area contributed by atoms with E-state index in [1.807, 2.05) is 12.1 Å². The van der Waals surface area contributed by atoms with Crippen LogP contribution in [0, 0.1) is 12.7 Å². The highest BCUT2D eigenvalue weighted by atomic mass is 19.1. The smallest absolute Gasteiger partial charge is 0.123 e. The minimum Gasteiger partial charge on any atom is -0.344 e. The molecule has 52 heavy (non-hydrogen) atoms. The van der Waals surface area contributed by atoms with Gasteiger partial charge in [-0.15, -0.1) is 0 Å². The number of likely N-dealkylation sites (N-methyl/N-ethyl adjacent to an activating group) is 1. The Morgan fingerprint density at radius 3 is 2.40 bits per heavy atom. The molecule has 1 atom stereocenters. The van der Waals surface area contributed by atoms with Gasteiger partial charge in [0.15, 0.2) is 0 Å². The van der Waals surface area contributed by atoms with Crippen LogP contribution in [-0.4, -0.2) is 39.1 Å². The maximum Gasteiger partial charge on any atom is 0.123 e. The summed E-state index contributed by atoms with van der Waals surface area (Å²) in [6.45, 7) is 12.6. The molecule has 262 valence electrons. The summed E-state index contributed by atoms with van der Waals surface area (Å²) in [6.07, 6.45) is 4.46. The van der Waals surface area contributed by atoms with Crippen LogP contribution in [-0.2, 0) is 39.0 Å². The van der Waals surface area contributed by atoms with Crippen LogP contribution in [0.3, 0.4) is 0 Å². The summed E-state index contributed by atoms with van der Waals surface area (Å²) in [6, 6.07) is 36.7. The molecule has 0 aliphatic carbocycles. The Kier molecular flexibility index (Phi) is 8.36. The van der Waals surface area contributed by atoms with Crippen LogP contribution >= 0.6 is 0 Å². The molecule has 0 saturated heterocycles. The Hall–Kier alpha value is -4.97. The zero-order valence-electron chi connectivity index (χ0n) is 30.8. The fourth-order valence-corrected chi connectivity index (χ4v) is 8.93. The van der Waals surface area contributed by atoms with Crippen molar-refractivity contribution in [2.75, 3.05) is 20.1 Å². The van der Waals surface area contributed by atoms with Crippen LogP contribution in [0.25, 0.3) is 44.4 Å². The lowest BCUT2D eigenvalue weighted by atomic mass is 9.99. The van der Waals surface area contributed by atoms with Gasteiger partial charge in [0, 0.05) is 86.0 Å². The van der Waals surface area contributed by atoms with Crippen molar-refractivity contribution in [2.45, 2.75) is 65.7 Å². The van der Waals surface area contributed by atoms with E-state index >= 15 is 0 Å². The summed E-state index contributed by atoms with van der Waals surface area (Å²) in [5.74, 6) is 0.115. The minimum atomic E-state index is -0.179. The highest BCUT2D eigenvalue weighted by Gasteiger charge is 2.25. The van der Waals surface area contributed by atoms with Crippen molar-refractivity contribution in [2.24, 2.45) is 0 Å². The molecule has 1 unspecified atom stereocenters. The number of benzene rings is 5. The van der Waals surface area contributed by atoms with Gasteiger partial charge in [-0.25, -0.2) is 4.39 Å². The molecule has 0 saturated carbocycles. The first-order valence-corrected chi connectivity index (χ1v) is 18.9. The first-order valence-electron chi connectivity index (χ1n) is 18.9. The van der Waals surface area contributed by atoms with Gasteiger partial charge in [0.25, 0.3) is 0 Å². The number of nitrogens with zero attached hydrogens (tertiary/aromatic N) is 4. The molecule has 0 spiro atoms. The van der Waals surface area contributed by atoms with Crippen molar-refractivity contribution in [1.82, 2.24) is 18.9 Å². The maximum atomic E-state index is 13.6. The van der Waals surface area contributed by atoms with Crippen molar-refractivity contribution in [3.63, 3.8) is 0 Å². The lowest BCUT2D eigenvalue weighted by Gasteiger charge is -2.29. The van der Waals surface area contributed by atoms with Gasteiger partial charge in [0.05, 0.1) is 5.52 Å². The van der Waals surface area contributed by atoms with Crippen molar-refractivity contribution in [3.8, 4) is 0 Å². The fourth-order valence-electron chi connectivity index (χ4n) is 8.93. The Morgan fingerprint density at radius 1 is 0.769 bits per heavy atom. The number of fused-ring (bicyclic) bond motifs is 7. The standard InChI is InChI=1S/C47H47FN4/c1-31-9-18-45-41(23-31)42-29-49(4)21-19-46(42)52(45)27-33(3)36-12-13-37-24-34(10-11-38(37)25-36)28-50-22-20-47-43(30-50)40-7-5-6-8-44(40)51(47)26-32(2)35-14-16-39(48)17-15-35/h5-18,23-25,27,32H,19-22,26,28-30H2,1-4H3. The number of aromatic nitrogens is 2. The second-order valence-electron chi connectivity index (χ2n) is 15.5. The summed E-state index contributed by atoms with van der Waals surface area (Å²) in [4.78, 5) is 5.04. The quantitative estimate of drug-likeness (QED) is 0.166. The Labute approximate surface area is 306 Å². The van der Waals surface area contributed by atoms with Gasteiger partial charge in [-0.05, 0) is 113 Å². The third-order valence-corrected chi connectivity index (χ3v) is 11.8. The molecule has 9 rings (SSSR count). The van der Waals surface area contributed by atoms with Crippen LogP contribution in [0.5, 0.6) is 0 Å². The SMILES string of the molecule is CC(=Cn1c2c(c3cc(C)ccc31)CN(C)CC2)c1ccc2cc(CN3CCc4c(c5ccccc5n4CC(C)c4ccc(F)cc4)C3)ccc2c1. The zero-order valence-corrected chi connectivity index (χ0v) is 30.8. The second kappa shape index (κ2) is 13.2. The Bertz CT molecular complexity index is 2500. The third kappa shape index (κ3) is 5.96. The van der Waals surface area contributed by atoms with Crippen molar-refractivity contribution in [3.05, 3.63) is 154 Å². The molecule has 0 bridgehead atoms. The van der Waals surface area contributed by atoms with E-state index in [1.54, 1.807) is 12.1 Å². The minimum absolute atomic E-state index is 0.179. The molecule has 2 aliphatic rings. The van der Waals surface area contributed by atoms with Gasteiger partial charge in [0.1, 0.15) is 5.82 Å². The van der Waals surface area contributed by atoms with E-state index in [9.17, 15) is 4.39 Å². The van der Waals surface area contributed by atoms with Gasteiger partial charge < -0.3 is 14.0 Å². The van der Waals surface area contributed by atoms with Crippen LogP contribution in [0.2, 0.25) is 0 Å². The van der Waals surface area contributed by atoms with E-state index < -0.39 is 0 Å². The molecule has 0 radical (unpaired) electrons. The van der Waals surface area contributed by atoms with Crippen molar-refractivity contribution >= 4 is 44.4 Å². The van der Waals surface area contributed by atoms with Crippen LogP contribution in [0.4, 0.5) is 4.39 Å². The summed E-state index contributed by atoms with van der Waals surface area (Å²) >= 11 is 0. The second-order valence-corrected chi connectivity index (χ2v) is 15.5. The average molecular weight is 687 g/mol. The molecule has 5 heteroatoms. The molecular formula is C47H47FN4. The summed E-state index contributed by atoms with van der Waals surface area (Å²) < 4.78 is 18.6. The highest BCUT2D eigenvalue weighted by molar-refractivity contribution is 5.92. The van der Waals surface area contributed by atoms with E-state index in [0.717, 1.165) is 52.1 Å². The van der Waals surface area contributed by atoms with E-state index in [-0.39, 0.29) is 5.82 Å². The molecule has 4 nitrogen and oxygen atoms in total. The van der Waals surface area contributed by atoms with E-state index in [4.69, 9.17) is 0 Å². The van der Waals surface area contributed by atoms with E-state index in [2.05, 4.69) is 132 Å². The van der Waals surface area contributed by atoms with Crippen LogP contribution in [0.15, 0.2) is 103 Å². The molecular weight excluding hydrogens is 640 g/mol. The van der Waals surface area contributed by atoms with Crippen molar-refractivity contribution < 1.29 is 4.39 Å². The number of halogens is 1. The summed E-state index contributed by atoms with van der Waals surface area (Å²) in [5.41, 5.74) is 14.9. The monoisotopic (exact) mass is 686 g/mol. The fraction of sp³-hybridized carbons (Fsp3) is 0.277. The van der Waals surface area contributed by atoms with E-state index in [0.29, 0.717) is 5.92 Å². The van der Waals surface area contributed by atoms with E-state index in [1.165, 1.54) is 82.9 Å². The molecule has 0 fully saturated rings. The van der Waals surface area contributed by atoms with Gasteiger partial charge >= 0.3 is 0 Å². The Balaban J connectivity index is 0.951. The van der Waals surface area contributed by atoms with Crippen LogP contribution < -0.4 is 0 Å². The van der Waals surface area contributed by atoms with Gasteiger partial charge in [0.2, 0.25) is 0 Å². The maximum absolute atomic E-state index is 13.6. The number of para-hydroxylation sites is 1. The molecule has 2 aromatic heterocycles. The van der Waals surface area contributed by atoms with Crippen molar-refractivity contribution in [1.29, 1.82) is 0 Å². The molecule has 2 aliphatic heterocycles. The predicted octanol–water partition coefficient (Wildman–Crippen LogP) is 10.6. The number of rotatable bonds is 7. The molecule has 4 heterocycles. The molecule has 5 aromatic carbocycles. The normalized spacial score (nSPS) is 16.1. The highest BCUT2D eigenvalue weighted by Crippen LogP contribution is 2.35. The topological polar surface area (TPSA) is 16.3 Å². The van der Waals surface area contributed by atoms with Gasteiger partial charge in [-0.3, -0.25) is 4.90 Å².